The van der Waals surface area contributed by atoms with Gasteiger partial charge in [-0.05, 0) is 18.9 Å². The zero-order valence-electron chi connectivity index (χ0n) is 15.0. The molecule has 1 aliphatic rings. The molecule has 1 aromatic rings. The molecular weight excluding hydrogens is 282 g/mol. The van der Waals surface area contributed by atoms with E-state index in [2.05, 4.69) is 15.7 Å². The summed E-state index contributed by atoms with van der Waals surface area (Å²) in [5.41, 5.74) is 6.68. The number of nitrogens with two attached hydrogens (primary N) is 1. The van der Waals surface area contributed by atoms with Gasteiger partial charge in [0.1, 0.15) is 0 Å². The summed E-state index contributed by atoms with van der Waals surface area (Å²) in [5.74, 6) is 1.07. The van der Waals surface area contributed by atoms with Crippen molar-refractivity contribution in [2.24, 2.45) is 11.7 Å². The molecule has 0 aliphatic heterocycles. The van der Waals surface area contributed by atoms with Crippen LogP contribution in [0, 0.1) is 5.92 Å². The quantitative estimate of drug-likeness (QED) is 0.546. The summed E-state index contributed by atoms with van der Waals surface area (Å²) < 4.78 is 2.22. The Morgan fingerprint density at radius 3 is 2.39 bits per heavy atom. The summed E-state index contributed by atoms with van der Waals surface area (Å²) in [6.07, 6.45) is 23.8. The van der Waals surface area contributed by atoms with Crippen LogP contribution in [-0.2, 0) is 13.0 Å². The lowest BCUT2D eigenvalue weighted by Crippen LogP contribution is -2.05. The molecule has 0 amide bonds. The Morgan fingerprint density at radius 1 is 0.957 bits per heavy atom. The van der Waals surface area contributed by atoms with Crippen molar-refractivity contribution < 1.29 is 0 Å². The van der Waals surface area contributed by atoms with Crippen LogP contribution in [0.15, 0.2) is 12.5 Å². The second-order valence-electron chi connectivity index (χ2n) is 7.41. The number of imidazole rings is 1. The van der Waals surface area contributed by atoms with Crippen molar-refractivity contribution in [1.82, 2.24) is 9.55 Å². The first-order valence-corrected chi connectivity index (χ1v) is 10.1. The van der Waals surface area contributed by atoms with Gasteiger partial charge in [-0.1, -0.05) is 77.0 Å². The highest BCUT2D eigenvalue weighted by molar-refractivity contribution is 4.96. The average Bonchev–Trinajstić information content (AvgIpc) is 3.02. The van der Waals surface area contributed by atoms with Crippen LogP contribution in [-0.4, -0.2) is 16.1 Å². The first-order chi connectivity index (χ1) is 11.4. The highest BCUT2D eigenvalue weighted by Gasteiger charge is 2.12. The van der Waals surface area contributed by atoms with E-state index in [4.69, 9.17) is 5.73 Å². The fourth-order valence-electron chi connectivity index (χ4n) is 3.89. The Hall–Kier alpha value is -0.830. The topological polar surface area (TPSA) is 43.8 Å². The second kappa shape index (κ2) is 11.7. The van der Waals surface area contributed by atoms with Crippen LogP contribution in [0.1, 0.15) is 89.2 Å². The maximum atomic E-state index is 5.55. The molecule has 1 aliphatic carbocycles. The molecule has 3 heteroatoms. The molecule has 0 unspecified atom stereocenters. The van der Waals surface area contributed by atoms with E-state index in [0.717, 1.165) is 24.6 Å². The van der Waals surface area contributed by atoms with Crippen LogP contribution in [0.2, 0.25) is 0 Å². The van der Waals surface area contributed by atoms with Gasteiger partial charge in [-0.2, -0.15) is 0 Å². The van der Waals surface area contributed by atoms with Crippen LogP contribution < -0.4 is 5.73 Å². The number of aryl methyl sites for hydroxylation is 1. The van der Waals surface area contributed by atoms with E-state index in [-0.39, 0.29) is 0 Å². The van der Waals surface area contributed by atoms with Crippen LogP contribution in [0.5, 0.6) is 0 Å². The van der Waals surface area contributed by atoms with Crippen molar-refractivity contribution in [2.75, 3.05) is 6.54 Å². The lowest BCUT2D eigenvalue weighted by atomic mass is 9.85. The highest BCUT2D eigenvalue weighted by atomic mass is 15.0. The van der Waals surface area contributed by atoms with E-state index in [9.17, 15) is 0 Å². The van der Waals surface area contributed by atoms with Crippen molar-refractivity contribution in [3.8, 4) is 0 Å². The van der Waals surface area contributed by atoms with E-state index >= 15 is 0 Å². The summed E-state index contributed by atoms with van der Waals surface area (Å²) in [4.78, 5) is 4.38. The molecule has 0 aromatic carbocycles. The van der Waals surface area contributed by atoms with Crippen LogP contribution >= 0.6 is 0 Å². The van der Waals surface area contributed by atoms with Crippen molar-refractivity contribution >= 4 is 0 Å². The molecule has 1 fully saturated rings. The predicted octanol–water partition coefficient (Wildman–Crippen LogP) is 5.09. The Balaban J connectivity index is 1.37. The lowest BCUT2D eigenvalue weighted by molar-refractivity contribution is 0.328. The van der Waals surface area contributed by atoms with Gasteiger partial charge in [-0.25, -0.2) is 4.98 Å². The summed E-state index contributed by atoms with van der Waals surface area (Å²) in [5, 5.41) is 0. The van der Waals surface area contributed by atoms with Crippen molar-refractivity contribution in [1.29, 1.82) is 0 Å². The number of nitrogens with zero attached hydrogens (tertiary/aromatic N) is 2. The maximum absolute atomic E-state index is 5.55. The van der Waals surface area contributed by atoms with Gasteiger partial charge in [0.05, 0.1) is 12.0 Å². The monoisotopic (exact) mass is 319 g/mol. The summed E-state index contributed by atoms with van der Waals surface area (Å²) in [6.45, 7) is 1.80. The fraction of sp³-hybridized carbons (Fsp3) is 0.850. The number of hydrogen-bond donors (Lipinski definition) is 1. The Kier molecular flexibility index (Phi) is 9.39. The van der Waals surface area contributed by atoms with Crippen LogP contribution in [0.4, 0.5) is 0 Å². The Bertz CT molecular complexity index is 393. The molecule has 0 bridgehead atoms. The van der Waals surface area contributed by atoms with Gasteiger partial charge in [0.2, 0.25) is 0 Å². The molecule has 1 heterocycles. The molecule has 0 spiro atoms. The van der Waals surface area contributed by atoms with Crippen molar-refractivity contribution in [2.45, 2.75) is 96.4 Å². The normalized spacial score (nSPS) is 16.0. The van der Waals surface area contributed by atoms with E-state index in [1.807, 2.05) is 6.33 Å². The summed E-state index contributed by atoms with van der Waals surface area (Å²) >= 11 is 0. The number of aromatic nitrogens is 2. The van der Waals surface area contributed by atoms with E-state index in [0.29, 0.717) is 6.54 Å². The van der Waals surface area contributed by atoms with E-state index < -0.39 is 0 Å². The fourth-order valence-corrected chi connectivity index (χ4v) is 3.89. The summed E-state index contributed by atoms with van der Waals surface area (Å²) in [7, 11) is 0. The van der Waals surface area contributed by atoms with Gasteiger partial charge in [0.25, 0.3) is 0 Å². The number of hydrogen-bond acceptors (Lipinski definition) is 2. The van der Waals surface area contributed by atoms with Gasteiger partial charge in [0, 0.05) is 19.2 Å². The molecule has 23 heavy (non-hydrogen) atoms. The Labute approximate surface area is 143 Å². The molecular formula is C20H37N3. The molecule has 2 rings (SSSR count). The van der Waals surface area contributed by atoms with Crippen molar-refractivity contribution in [3.63, 3.8) is 0 Å². The smallest absolute Gasteiger partial charge is 0.0949 e. The molecule has 3 nitrogen and oxygen atoms in total. The lowest BCUT2D eigenvalue weighted by Gasteiger charge is -2.21. The first-order valence-electron chi connectivity index (χ1n) is 10.1. The maximum Gasteiger partial charge on any atom is 0.0949 e. The first kappa shape index (κ1) is 18.5. The Morgan fingerprint density at radius 2 is 1.65 bits per heavy atom. The van der Waals surface area contributed by atoms with Gasteiger partial charge < -0.3 is 10.3 Å². The third-order valence-electron chi connectivity index (χ3n) is 5.34. The van der Waals surface area contributed by atoms with E-state index in [1.165, 1.54) is 83.5 Å². The molecule has 1 saturated carbocycles. The molecule has 132 valence electrons. The van der Waals surface area contributed by atoms with Gasteiger partial charge in [0.15, 0.2) is 0 Å². The highest BCUT2D eigenvalue weighted by Crippen LogP contribution is 2.28. The zero-order chi connectivity index (χ0) is 16.2. The van der Waals surface area contributed by atoms with Crippen LogP contribution in [0.25, 0.3) is 0 Å². The molecule has 0 radical (unpaired) electrons. The summed E-state index contributed by atoms with van der Waals surface area (Å²) in [6, 6.07) is 0. The third-order valence-corrected chi connectivity index (χ3v) is 5.34. The molecule has 1 aromatic heterocycles. The SMILES string of the molecule is NCCc1cn(CCCCCCCCCC2CCCCC2)cn1. The average molecular weight is 320 g/mol. The van der Waals surface area contributed by atoms with Gasteiger partial charge >= 0.3 is 0 Å². The molecule has 0 saturated heterocycles. The zero-order valence-corrected chi connectivity index (χ0v) is 15.0. The minimum Gasteiger partial charge on any atom is -0.337 e. The van der Waals surface area contributed by atoms with Gasteiger partial charge in [-0.15, -0.1) is 0 Å². The van der Waals surface area contributed by atoms with Crippen molar-refractivity contribution in [3.05, 3.63) is 18.2 Å². The number of rotatable bonds is 12. The number of unbranched alkanes of at least 4 members (excludes halogenated alkanes) is 6. The third kappa shape index (κ3) is 8.01. The molecule has 0 atom stereocenters. The van der Waals surface area contributed by atoms with Crippen LogP contribution in [0.3, 0.4) is 0 Å². The second-order valence-corrected chi connectivity index (χ2v) is 7.41. The minimum atomic E-state index is 0.692. The largest absolute Gasteiger partial charge is 0.337 e. The standard InChI is InChI=1S/C20H37N3/c21-15-14-20-17-23(18-22-20)16-10-5-3-1-2-4-7-11-19-12-8-6-9-13-19/h17-19H,1-16,21H2. The molecule has 2 N–H and O–H groups in total. The van der Waals surface area contributed by atoms with Gasteiger partial charge in [-0.3, -0.25) is 0 Å². The predicted molar refractivity (Wildman–Crippen MR) is 98.5 cm³/mol. The minimum absolute atomic E-state index is 0.692. The van der Waals surface area contributed by atoms with E-state index in [1.54, 1.807) is 0 Å².